The highest BCUT2D eigenvalue weighted by Crippen LogP contribution is 2.11. The van der Waals surface area contributed by atoms with Crippen LogP contribution in [0.1, 0.15) is 18.4 Å². The first-order valence-corrected chi connectivity index (χ1v) is 5.82. The van der Waals surface area contributed by atoms with Crippen LogP contribution >= 0.6 is 0 Å². The summed E-state index contributed by atoms with van der Waals surface area (Å²) in [6, 6.07) is 0. The van der Waals surface area contributed by atoms with E-state index >= 15 is 0 Å². The van der Waals surface area contributed by atoms with Crippen molar-refractivity contribution in [3.63, 3.8) is 0 Å². The normalized spacial score (nSPS) is 10.6. The van der Waals surface area contributed by atoms with Crippen LogP contribution in [-0.2, 0) is 0 Å². The van der Waals surface area contributed by atoms with Crippen LogP contribution in [0.3, 0.4) is 0 Å². The van der Waals surface area contributed by atoms with Crippen LogP contribution in [0.5, 0.6) is 0 Å². The average molecular weight is 238 g/mol. The molecule has 96 valence electrons. The number of hydrogen-bond donors (Lipinski definition) is 3. The van der Waals surface area contributed by atoms with Gasteiger partial charge < -0.3 is 10.2 Å². The fraction of sp³-hybridized carbons (Fsp3) is 0.636. The molecule has 0 saturated heterocycles. The lowest BCUT2D eigenvalue weighted by atomic mass is 10.3. The summed E-state index contributed by atoms with van der Waals surface area (Å²) < 4.78 is 0. The molecule has 1 aromatic rings. The second kappa shape index (κ2) is 7.03. The molecule has 6 nitrogen and oxygen atoms in total. The van der Waals surface area contributed by atoms with Crippen molar-refractivity contribution in [2.75, 3.05) is 37.9 Å². The fourth-order valence-electron chi connectivity index (χ4n) is 1.45. The van der Waals surface area contributed by atoms with Crippen LogP contribution in [0, 0.1) is 6.92 Å². The van der Waals surface area contributed by atoms with Gasteiger partial charge in [0.2, 0.25) is 5.95 Å². The molecule has 1 aromatic heterocycles. The average Bonchev–Trinajstić information content (AvgIpc) is 2.30. The summed E-state index contributed by atoms with van der Waals surface area (Å²) in [4.78, 5) is 10.5. The molecule has 0 saturated carbocycles. The van der Waals surface area contributed by atoms with Gasteiger partial charge >= 0.3 is 0 Å². The molecule has 6 heteroatoms. The van der Waals surface area contributed by atoms with Crippen LogP contribution in [0.4, 0.5) is 11.8 Å². The summed E-state index contributed by atoms with van der Waals surface area (Å²) in [5.74, 6) is 6.55. The molecule has 0 spiro atoms. The van der Waals surface area contributed by atoms with E-state index in [-0.39, 0.29) is 0 Å². The Morgan fingerprint density at radius 2 is 2.12 bits per heavy atom. The molecule has 0 amide bonds. The quantitative estimate of drug-likeness (QED) is 0.371. The van der Waals surface area contributed by atoms with E-state index in [1.807, 2.05) is 6.92 Å². The molecule has 0 aliphatic rings. The maximum atomic E-state index is 5.27. The molecular formula is C11H22N6. The number of rotatable bonds is 7. The molecule has 0 aliphatic carbocycles. The Labute approximate surface area is 103 Å². The molecule has 0 fully saturated rings. The molecule has 0 atom stereocenters. The smallest absolute Gasteiger partial charge is 0.239 e. The lowest BCUT2D eigenvalue weighted by Gasteiger charge is -2.11. The molecule has 0 aliphatic heterocycles. The molecule has 0 aromatic carbocycles. The third-order valence-electron chi connectivity index (χ3n) is 2.43. The second-order valence-electron chi connectivity index (χ2n) is 4.31. The van der Waals surface area contributed by atoms with Gasteiger partial charge in [0, 0.05) is 18.3 Å². The van der Waals surface area contributed by atoms with Crippen LogP contribution in [0.25, 0.3) is 0 Å². The van der Waals surface area contributed by atoms with E-state index in [0.717, 1.165) is 30.9 Å². The van der Waals surface area contributed by atoms with Gasteiger partial charge in [0.1, 0.15) is 5.82 Å². The highest BCUT2D eigenvalue weighted by atomic mass is 15.3. The maximum absolute atomic E-state index is 5.27. The largest absolute Gasteiger partial charge is 0.370 e. The van der Waals surface area contributed by atoms with Crippen molar-refractivity contribution in [3.05, 3.63) is 11.8 Å². The number of unbranched alkanes of at least 4 members (excludes halogenated alkanes) is 1. The number of anilines is 2. The number of nitrogens with two attached hydrogens (primary N) is 1. The maximum Gasteiger partial charge on any atom is 0.239 e. The molecule has 0 radical (unpaired) electrons. The van der Waals surface area contributed by atoms with Gasteiger partial charge in [-0.05, 0) is 40.4 Å². The van der Waals surface area contributed by atoms with Crippen molar-refractivity contribution in [3.8, 4) is 0 Å². The summed E-state index contributed by atoms with van der Waals surface area (Å²) >= 11 is 0. The minimum Gasteiger partial charge on any atom is -0.370 e. The van der Waals surface area contributed by atoms with Crippen LogP contribution in [0.15, 0.2) is 6.20 Å². The molecule has 0 bridgehead atoms. The van der Waals surface area contributed by atoms with E-state index in [9.17, 15) is 0 Å². The summed E-state index contributed by atoms with van der Waals surface area (Å²) in [5.41, 5.74) is 3.47. The Balaban J connectivity index is 2.35. The van der Waals surface area contributed by atoms with Gasteiger partial charge in [0.15, 0.2) is 0 Å². The zero-order chi connectivity index (χ0) is 12.7. The molecule has 4 N–H and O–H groups in total. The first kappa shape index (κ1) is 13.7. The van der Waals surface area contributed by atoms with Crippen LogP contribution in [0.2, 0.25) is 0 Å². The van der Waals surface area contributed by atoms with Gasteiger partial charge in [-0.1, -0.05) is 0 Å². The van der Waals surface area contributed by atoms with E-state index in [1.165, 1.54) is 6.42 Å². The minimum absolute atomic E-state index is 0.436. The SMILES string of the molecule is Cc1cnc(NN)nc1NCCCCN(C)C. The molecule has 1 rings (SSSR count). The van der Waals surface area contributed by atoms with Gasteiger partial charge in [-0.15, -0.1) is 0 Å². The van der Waals surface area contributed by atoms with Crippen LogP contribution in [-0.4, -0.2) is 42.1 Å². The predicted octanol–water partition coefficient (Wildman–Crippen LogP) is 0.824. The lowest BCUT2D eigenvalue weighted by molar-refractivity contribution is 0.396. The predicted molar refractivity (Wildman–Crippen MR) is 70.9 cm³/mol. The van der Waals surface area contributed by atoms with Gasteiger partial charge in [0.05, 0.1) is 0 Å². The molecular weight excluding hydrogens is 216 g/mol. The fourth-order valence-corrected chi connectivity index (χ4v) is 1.45. The number of nitrogens with one attached hydrogen (secondary N) is 2. The Bertz CT molecular complexity index is 339. The van der Waals surface area contributed by atoms with Gasteiger partial charge in [-0.2, -0.15) is 4.98 Å². The number of nitrogen functional groups attached to an aromatic ring is 1. The summed E-state index contributed by atoms with van der Waals surface area (Å²) in [5, 5.41) is 3.30. The first-order valence-electron chi connectivity index (χ1n) is 5.82. The van der Waals surface area contributed by atoms with E-state index in [0.29, 0.717) is 5.95 Å². The van der Waals surface area contributed by atoms with E-state index in [2.05, 4.69) is 39.7 Å². The monoisotopic (exact) mass is 238 g/mol. The Morgan fingerprint density at radius 3 is 2.76 bits per heavy atom. The Morgan fingerprint density at radius 1 is 1.35 bits per heavy atom. The van der Waals surface area contributed by atoms with Crippen molar-refractivity contribution >= 4 is 11.8 Å². The highest BCUT2D eigenvalue weighted by Gasteiger charge is 2.01. The van der Waals surface area contributed by atoms with Crippen LogP contribution < -0.4 is 16.6 Å². The van der Waals surface area contributed by atoms with Gasteiger partial charge in [0.25, 0.3) is 0 Å². The topological polar surface area (TPSA) is 79.1 Å². The van der Waals surface area contributed by atoms with Crippen molar-refractivity contribution in [2.45, 2.75) is 19.8 Å². The van der Waals surface area contributed by atoms with E-state index in [4.69, 9.17) is 5.84 Å². The Hall–Kier alpha value is -1.40. The Kier molecular flexibility index (Phi) is 5.65. The van der Waals surface area contributed by atoms with Crippen molar-refractivity contribution < 1.29 is 0 Å². The third kappa shape index (κ3) is 4.97. The molecule has 0 unspecified atom stereocenters. The molecule has 1 heterocycles. The number of nitrogens with zero attached hydrogens (tertiary/aromatic N) is 3. The summed E-state index contributed by atoms with van der Waals surface area (Å²) in [6.45, 7) is 4.00. The zero-order valence-electron chi connectivity index (χ0n) is 10.8. The summed E-state index contributed by atoms with van der Waals surface area (Å²) in [7, 11) is 4.17. The van der Waals surface area contributed by atoms with Crippen molar-refractivity contribution in [1.29, 1.82) is 0 Å². The lowest BCUT2D eigenvalue weighted by Crippen LogP contribution is -2.15. The number of aryl methyl sites for hydroxylation is 1. The first-order chi connectivity index (χ1) is 8.13. The highest BCUT2D eigenvalue weighted by molar-refractivity contribution is 5.45. The third-order valence-corrected chi connectivity index (χ3v) is 2.43. The summed E-state index contributed by atoms with van der Waals surface area (Å²) in [6.07, 6.45) is 4.05. The van der Waals surface area contributed by atoms with Crippen molar-refractivity contribution in [1.82, 2.24) is 14.9 Å². The number of hydrazine groups is 1. The molecule has 17 heavy (non-hydrogen) atoms. The number of aromatic nitrogens is 2. The zero-order valence-corrected chi connectivity index (χ0v) is 10.8. The van der Waals surface area contributed by atoms with Gasteiger partial charge in [-0.25, -0.2) is 10.8 Å². The number of hydrogen-bond acceptors (Lipinski definition) is 6. The van der Waals surface area contributed by atoms with E-state index in [1.54, 1.807) is 6.20 Å². The van der Waals surface area contributed by atoms with Gasteiger partial charge in [-0.3, -0.25) is 5.43 Å². The standard InChI is InChI=1S/C11H22N6/c1-9-8-14-11(16-12)15-10(9)13-6-4-5-7-17(2)3/h8H,4-7,12H2,1-3H3,(H2,13,14,15,16). The van der Waals surface area contributed by atoms with E-state index < -0.39 is 0 Å². The minimum atomic E-state index is 0.436. The second-order valence-corrected chi connectivity index (χ2v) is 4.31. The van der Waals surface area contributed by atoms with Crippen molar-refractivity contribution in [2.24, 2.45) is 5.84 Å².